The number of aliphatic hydroxyl groups excluding tert-OH is 2. The number of aliphatic hydroxyl groups is 3. The fourth-order valence-electron chi connectivity index (χ4n) is 3.12. The summed E-state index contributed by atoms with van der Waals surface area (Å²) in [5.74, 6) is 5.83. The number of allylic oxidation sites excluding steroid dienone is 4. The fourth-order valence-corrected chi connectivity index (χ4v) is 3.12. The molecular weight excluding hydrogens is 340 g/mol. The molecule has 1 aliphatic carbocycles. The quantitative estimate of drug-likeness (QED) is 0.448. The molecule has 4 heteroatoms. The van der Waals surface area contributed by atoms with Crippen molar-refractivity contribution in [1.82, 2.24) is 0 Å². The van der Waals surface area contributed by atoms with Crippen molar-refractivity contribution in [3.05, 3.63) is 36.5 Å². The molecule has 0 aromatic heterocycles. The van der Waals surface area contributed by atoms with Crippen LogP contribution in [0.4, 0.5) is 0 Å². The second-order valence-corrected chi connectivity index (χ2v) is 7.39. The van der Waals surface area contributed by atoms with Crippen molar-refractivity contribution >= 4 is 5.78 Å². The average molecular weight is 375 g/mol. The maximum atomic E-state index is 10.9. The summed E-state index contributed by atoms with van der Waals surface area (Å²) in [6.07, 6.45) is 16.9. The van der Waals surface area contributed by atoms with Gasteiger partial charge in [-0.2, -0.15) is 0 Å². The Bertz CT molecular complexity index is 569. The van der Waals surface area contributed by atoms with Crippen molar-refractivity contribution in [2.75, 3.05) is 0 Å². The van der Waals surface area contributed by atoms with Crippen LogP contribution in [0.2, 0.25) is 0 Å². The number of rotatable bonds is 8. The summed E-state index contributed by atoms with van der Waals surface area (Å²) in [7, 11) is 0. The van der Waals surface area contributed by atoms with Crippen LogP contribution in [-0.2, 0) is 4.79 Å². The summed E-state index contributed by atoms with van der Waals surface area (Å²) in [6, 6.07) is 0. The van der Waals surface area contributed by atoms with Gasteiger partial charge in [-0.1, -0.05) is 62.2 Å². The van der Waals surface area contributed by atoms with E-state index in [0.717, 1.165) is 25.7 Å². The lowest BCUT2D eigenvalue weighted by Gasteiger charge is -2.26. The monoisotopic (exact) mass is 374 g/mol. The normalized spacial score (nSPS) is 20.1. The van der Waals surface area contributed by atoms with Crippen LogP contribution in [0.3, 0.4) is 0 Å². The molecule has 1 aliphatic rings. The molecule has 0 saturated heterocycles. The highest BCUT2D eigenvalue weighted by Gasteiger charge is 2.23. The summed E-state index contributed by atoms with van der Waals surface area (Å²) in [4.78, 5) is 10.9. The molecule has 1 fully saturated rings. The third kappa shape index (κ3) is 11.6. The first-order chi connectivity index (χ1) is 12.9. The smallest absolute Gasteiger partial charge is 0.129 e. The zero-order valence-electron chi connectivity index (χ0n) is 16.4. The Hall–Kier alpha value is -1.67. The van der Waals surface area contributed by atoms with Gasteiger partial charge in [0.2, 0.25) is 0 Å². The number of carbonyl (C=O) groups excluding carboxylic acids is 1. The van der Waals surface area contributed by atoms with Crippen LogP contribution in [-0.4, -0.2) is 38.9 Å². The van der Waals surface area contributed by atoms with Crippen LogP contribution in [0.15, 0.2) is 36.5 Å². The summed E-state index contributed by atoms with van der Waals surface area (Å²) in [6.45, 7) is 1.52. The Labute approximate surface area is 163 Å². The summed E-state index contributed by atoms with van der Waals surface area (Å²) < 4.78 is 0. The van der Waals surface area contributed by atoms with Crippen LogP contribution in [0.5, 0.6) is 0 Å². The summed E-state index contributed by atoms with van der Waals surface area (Å²) in [5, 5.41) is 30.2. The Kier molecular flexibility index (Phi) is 11.7. The van der Waals surface area contributed by atoms with Gasteiger partial charge in [0.25, 0.3) is 0 Å². The molecule has 0 amide bonds. The molecular formula is C23H34O4. The Balaban J connectivity index is 2.35. The lowest BCUT2D eigenvalue weighted by molar-refractivity contribution is -0.117. The molecule has 0 aromatic rings. The molecule has 0 bridgehead atoms. The second-order valence-electron chi connectivity index (χ2n) is 7.39. The van der Waals surface area contributed by atoms with E-state index in [1.807, 2.05) is 6.08 Å². The van der Waals surface area contributed by atoms with Gasteiger partial charge in [-0.3, -0.25) is 0 Å². The third-order valence-electron chi connectivity index (χ3n) is 4.80. The lowest BCUT2D eigenvalue weighted by Crippen LogP contribution is -2.26. The van der Waals surface area contributed by atoms with Crippen LogP contribution in [0.25, 0.3) is 0 Å². The minimum absolute atomic E-state index is 0.0875. The molecule has 1 saturated carbocycles. The van der Waals surface area contributed by atoms with Crippen molar-refractivity contribution in [3.63, 3.8) is 0 Å². The van der Waals surface area contributed by atoms with Gasteiger partial charge < -0.3 is 20.1 Å². The first-order valence-corrected chi connectivity index (χ1v) is 10.0. The molecule has 0 heterocycles. The van der Waals surface area contributed by atoms with Crippen molar-refractivity contribution < 1.29 is 20.1 Å². The van der Waals surface area contributed by atoms with Crippen molar-refractivity contribution in [2.45, 2.75) is 88.9 Å². The van der Waals surface area contributed by atoms with E-state index in [1.165, 1.54) is 32.3 Å². The topological polar surface area (TPSA) is 77.8 Å². The molecule has 27 heavy (non-hydrogen) atoms. The maximum Gasteiger partial charge on any atom is 0.129 e. The first kappa shape index (κ1) is 23.4. The van der Waals surface area contributed by atoms with Crippen LogP contribution < -0.4 is 0 Å². The zero-order chi connectivity index (χ0) is 20.0. The van der Waals surface area contributed by atoms with E-state index in [2.05, 4.69) is 11.8 Å². The Morgan fingerprint density at radius 2 is 1.67 bits per heavy atom. The van der Waals surface area contributed by atoms with Crippen molar-refractivity contribution in [3.8, 4) is 11.8 Å². The molecule has 0 unspecified atom stereocenters. The molecule has 0 radical (unpaired) electrons. The number of carbonyl (C=O) groups is 1. The number of Topliss-reactive ketones (excluding diaryl/α,β-unsaturated/α-hetero) is 1. The Morgan fingerprint density at radius 1 is 1.04 bits per heavy atom. The van der Waals surface area contributed by atoms with Gasteiger partial charge in [-0.25, -0.2) is 0 Å². The van der Waals surface area contributed by atoms with Gasteiger partial charge in [0.15, 0.2) is 0 Å². The predicted octanol–water partition coefficient (Wildman–Crippen LogP) is 3.61. The standard InChI is InChI=1S/C23H34O4/c1-20(24)14-13-16-22(26)21(25)15-9-5-2-3-6-10-17-23(27)18-11-7-4-8-12-19-23/h2,5,9-10,15,17,21-22,25-27H,4,7-8,11-14,16,18-19H2,1H3/b5-2+,15-9+,17-10+/t21-,22+/m1/s1. The van der Waals surface area contributed by atoms with Gasteiger partial charge >= 0.3 is 0 Å². The highest BCUT2D eigenvalue weighted by atomic mass is 16.3. The van der Waals surface area contributed by atoms with Crippen LogP contribution in [0, 0.1) is 11.8 Å². The minimum atomic E-state index is -0.956. The first-order valence-electron chi connectivity index (χ1n) is 10.0. The molecule has 3 N–H and O–H groups in total. The zero-order valence-corrected chi connectivity index (χ0v) is 16.4. The summed E-state index contributed by atoms with van der Waals surface area (Å²) in [5.41, 5.74) is -0.721. The number of hydrogen-bond donors (Lipinski definition) is 3. The van der Waals surface area contributed by atoms with E-state index >= 15 is 0 Å². The van der Waals surface area contributed by atoms with E-state index in [4.69, 9.17) is 0 Å². The SMILES string of the molecule is CC(=O)CCC[C@H](O)[C@H](O)/C=C/C=C/C#C/C=C/C1(O)CCCCCCC1. The molecule has 1 rings (SSSR count). The van der Waals surface area contributed by atoms with Gasteiger partial charge in [-0.15, -0.1) is 0 Å². The fraction of sp³-hybridized carbons (Fsp3) is 0.609. The predicted molar refractivity (Wildman–Crippen MR) is 109 cm³/mol. The molecule has 0 aromatic carbocycles. The summed E-state index contributed by atoms with van der Waals surface area (Å²) >= 11 is 0. The van der Waals surface area contributed by atoms with E-state index in [9.17, 15) is 20.1 Å². The van der Waals surface area contributed by atoms with E-state index in [1.54, 1.807) is 24.3 Å². The highest BCUT2D eigenvalue weighted by molar-refractivity contribution is 5.75. The lowest BCUT2D eigenvalue weighted by atomic mass is 9.87. The van der Waals surface area contributed by atoms with Gasteiger partial charge in [0.05, 0.1) is 17.8 Å². The van der Waals surface area contributed by atoms with Crippen LogP contribution >= 0.6 is 0 Å². The Morgan fingerprint density at radius 3 is 2.33 bits per heavy atom. The maximum absolute atomic E-state index is 10.9. The third-order valence-corrected chi connectivity index (χ3v) is 4.80. The van der Waals surface area contributed by atoms with E-state index in [-0.39, 0.29) is 5.78 Å². The van der Waals surface area contributed by atoms with E-state index < -0.39 is 17.8 Å². The minimum Gasteiger partial charge on any atom is -0.390 e. The van der Waals surface area contributed by atoms with Crippen molar-refractivity contribution in [2.24, 2.45) is 0 Å². The van der Waals surface area contributed by atoms with Gasteiger partial charge in [0, 0.05) is 6.42 Å². The van der Waals surface area contributed by atoms with Crippen molar-refractivity contribution in [1.29, 1.82) is 0 Å². The molecule has 0 spiro atoms. The highest BCUT2D eigenvalue weighted by Crippen LogP contribution is 2.27. The second kappa shape index (κ2) is 13.5. The molecule has 4 nitrogen and oxygen atoms in total. The molecule has 150 valence electrons. The van der Waals surface area contributed by atoms with Gasteiger partial charge in [0.1, 0.15) is 5.78 Å². The number of hydrogen-bond acceptors (Lipinski definition) is 4. The molecule has 2 atom stereocenters. The van der Waals surface area contributed by atoms with Crippen LogP contribution in [0.1, 0.15) is 71.1 Å². The molecule has 0 aliphatic heterocycles. The average Bonchev–Trinajstić information content (AvgIpc) is 2.60. The van der Waals surface area contributed by atoms with E-state index in [0.29, 0.717) is 19.3 Å². The largest absolute Gasteiger partial charge is 0.390 e. The van der Waals surface area contributed by atoms with Gasteiger partial charge in [-0.05, 0) is 50.8 Å². The number of ketones is 1.